The largest absolute Gasteiger partial charge is 0.472 e. The maximum atomic E-state index is 13.0. The minimum absolute atomic E-state index is 0.106. The van der Waals surface area contributed by atoms with E-state index in [0.29, 0.717) is 25.7 Å². The Morgan fingerprint density at radius 2 is 0.517 bits per heavy atom. The van der Waals surface area contributed by atoms with Gasteiger partial charge in [-0.25, -0.2) is 9.13 Å². The molecule has 0 radical (unpaired) electrons. The summed E-state index contributed by atoms with van der Waals surface area (Å²) in [6, 6.07) is 0. The van der Waals surface area contributed by atoms with Crippen molar-refractivity contribution in [3.63, 3.8) is 0 Å². The normalized spacial score (nSPS) is 14.1. The van der Waals surface area contributed by atoms with Gasteiger partial charge in [-0.2, -0.15) is 0 Å². The highest BCUT2D eigenvalue weighted by Crippen LogP contribution is 2.45. The number of unbranched alkanes of at least 4 members (excludes halogenated alkanes) is 42. The standard InChI is InChI=1S/C70H136O17P2/c1-6-9-12-15-17-19-21-22-23-24-25-26-27-28-29-30-31-32-36-41-46-51-56-70(75)87-66(60-81-68(73)54-49-44-39-37-33-34-38-43-47-52-63(4)5)62-85-89(78,79)83-58-64(71)57-82-88(76,77)84-61-65(59-80-67(72)53-48-42-14-11-8-3)86-69(74)55-50-45-40-35-20-18-16-13-10-7-2/h63-66,71H,6-62H2,1-5H3,(H,76,77)(H,78,79)/t64-,65+,66+/m0/s1. The Bertz CT molecular complexity index is 1720. The zero-order valence-electron chi connectivity index (χ0n) is 57.6. The lowest BCUT2D eigenvalue weighted by Crippen LogP contribution is -2.30. The topological polar surface area (TPSA) is 237 Å². The lowest BCUT2D eigenvalue weighted by molar-refractivity contribution is -0.161. The number of carbonyl (C=O) groups is 4. The second kappa shape index (κ2) is 63.5. The molecule has 0 amide bonds. The van der Waals surface area contributed by atoms with Gasteiger partial charge in [0, 0.05) is 25.7 Å². The first kappa shape index (κ1) is 87.1. The predicted octanol–water partition coefficient (Wildman–Crippen LogP) is 20.1. The van der Waals surface area contributed by atoms with E-state index in [4.69, 9.17) is 37.0 Å². The van der Waals surface area contributed by atoms with E-state index in [2.05, 4.69) is 34.6 Å². The summed E-state index contributed by atoms with van der Waals surface area (Å²) in [5.74, 6) is -1.39. The highest BCUT2D eigenvalue weighted by atomic mass is 31.2. The second-order valence-corrected chi connectivity index (χ2v) is 28.7. The van der Waals surface area contributed by atoms with Crippen LogP contribution in [-0.2, 0) is 65.4 Å². The van der Waals surface area contributed by atoms with E-state index in [1.165, 1.54) is 180 Å². The van der Waals surface area contributed by atoms with Gasteiger partial charge in [-0.3, -0.25) is 37.3 Å². The lowest BCUT2D eigenvalue weighted by atomic mass is 10.0. The van der Waals surface area contributed by atoms with Crippen LogP contribution < -0.4 is 0 Å². The molecule has 0 spiro atoms. The molecule has 89 heavy (non-hydrogen) atoms. The number of carbonyl (C=O) groups excluding carboxylic acids is 4. The lowest BCUT2D eigenvalue weighted by Gasteiger charge is -2.21. The Morgan fingerprint density at radius 1 is 0.303 bits per heavy atom. The van der Waals surface area contributed by atoms with Crippen LogP contribution in [-0.4, -0.2) is 96.7 Å². The van der Waals surface area contributed by atoms with Crippen molar-refractivity contribution in [1.82, 2.24) is 0 Å². The molecule has 0 aromatic carbocycles. The van der Waals surface area contributed by atoms with Crippen molar-refractivity contribution in [3.8, 4) is 0 Å². The third-order valence-corrected chi connectivity index (χ3v) is 18.2. The Hall–Kier alpha value is -1.94. The quantitative estimate of drug-likeness (QED) is 0.0222. The number of hydrogen-bond donors (Lipinski definition) is 3. The van der Waals surface area contributed by atoms with Crippen LogP contribution in [0.3, 0.4) is 0 Å². The van der Waals surface area contributed by atoms with E-state index in [1.807, 2.05) is 0 Å². The fourth-order valence-corrected chi connectivity index (χ4v) is 12.2. The van der Waals surface area contributed by atoms with E-state index >= 15 is 0 Å². The van der Waals surface area contributed by atoms with Gasteiger partial charge >= 0.3 is 39.5 Å². The predicted molar refractivity (Wildman–Crippen MR) is 358 cm³/mol. The Balaban J connectivity index is 5.08. The molecule has 0 bridgehead atoms. The molecule has 0 aromatic heterocycles. The van der Waals surface area contributed by atoms with E-state index in [0.717, 1.165) is 102 Å². The summed E-state index contributed by atoms with van der Waals surface area (Å²) < 4.78 is 68.0. The van der Waals surface area contributed by atoms with Gasteiger partial charge < -0.3 is 33.8 Å². The van der Waals surface area contributed by atoms with Crippen LogP contribution in [0.1, 0.15) is 362 Å². The first-order valence-electron chi connectivity index (χ1n) is 36.6. The molecule has 0 aliphatic rings. The van der Waals surface area contributed by atoms with Crippen LogP contribution in [0.5, 0.6) is 0 Å². The Labute approximate surface area is 543 Å². The maximum absolute atomic E-state index is 13.0. The van der Waals surface area contributed by atoms with Crippen molar-refractivity contribution >= 4 is 39.5 Å². The third kappa shape index (κ3) is 64.6. The number of esters is 4. The Kier molecular flexibility index (Phi) is 62.1. The first-order chi connectivity index (χ1) is 43.0. The Morgan fingerprint density at radius 3 is 0.764 bits per heavy atom. The van der Waals surface area contributed by atoms with Gasteiger partial charge in [0.25, 0.3) is 0 Å². The third-order valence-electron chi connectivity index (χ3n) is 16.3. The molecule has 528 valence electrons. The number of hydrogen-bond acceptors (Lipinski definition) is 15. The molecule has 19 heteroatoms. The van der Waals surface area contributed by atoms with Gasteiger partial charge in [0.2, 0.25) is 0 Å². The fraction of sp³-hybridized carbons (Fsp3) is 0.943. The monoisotopic (exact) mass is 1310 g/mol. The van der Waals surface area contributed by atoms with Gasteiger partial charge in [-0.1, -0.05) is 311 Å². The minimum atomic E-state index is -4.95. The summed E-state index contributed by atoms with van der Waals surface area (Å²) in [5.41, 5.74) is 0. The number of rotatable bonds is 70. The zero-order valence-corrected chi connectivity index (χ0v) is 59.4. The molecule has 17 nitrogen and oxygen atoms in total. The molecule has 3 N–H and O–H groups in total. The number of phosphoric ester groups is 2. The first-order valence-corrected chi connectivity index (χ1v) is 39.6. The smallest absolute Gasteiger partial charge is 0.462 e. The molecule has 2 unspecified atom stereocenters. The molecule has 0 rings (SSSR count). The summed E-state index contributed by atoms with van der Waals surface area (Å²) in [6.07, 6.45) is 50.6. The molecule has 0 saturated heterocycles. The molecule has 0 aromatic rings. The van der Waals surface area contributed by atoms with E-state index < -0.39 is 97.5 Å². The number of ether oxygens (including phenoxy) is 4. The highest BCUT2D eigenvalue weighted by molar-refractivity contribution is 7.47. The molecule has 0 aliphatic heterocycles. The SMILES string of the molecule is CCCCCCCCCCCCCCCCCCCCCCCCC(=O)O[C@H](COC(=O)CCCCCCCCCCCC(C)C)COP(=O)(O)OC[C@@H](O)COP(=O)(O)OC[C@@H](COC(=O)CCCCCCC)OC(=O)CCCCCCCCCCCC. The zero-order chi connectivity index (χ0) is 65.6. The minimum Gasteiger partial charge on any atom is -0.462 e. The number of aliphatic hydroxyl groups excluding tert-OH is 1. The summed E-state index contributed by atoms with van der Waals surface area (Å²) >= 11 is 0. The van der Waals surface area contributed by atoms with Gasteiger partial charge in [0.15, 0.2) is 12.2 Å². The summed E-state index contributed by atoms with van der Waals surface area (Å²) in [7, 11) is -9.89. The van der Waals surface area contributed by atoms with E-state index in [1.54, 1.807) is 0 Å². The van der Waals surface area contributed by atoms with Crippen LogP contribution >= 0.6 is 15.6 Å². The molecule has 0 fully saturated rings. The molecule has 5 atom stereocenters. The van der Waals surface area contributed by atoms with Crippen LogP contribution in [0.15, 0.2) is 0 Å². The maximum Gasteiger partial charge on any atom is 0.472 e. The van der Waals surface area contributed by atoms with Crippen LogP contribution in [0, 0.1) is 5.92 Å². The summed E-state index contributed by atoms with van der Waals surface area (Å²) in [4.78, 5) is 72.2. The van der Waals surface area contributed by atoms with Crippen molar-refractivity contribution in [2.24, 2.45) is 5.92 Å². The fourth-order valence-electron chi connectivity index (χ4n) is 10.6. The van der Waals surface area contributed by atoms with Crippen LogP contribution in [0.2, 0.25) is 0 Å². The highest BCUT2D eigenvalue weighted by Gasteiger charge is 2.30. The molecule has 0 heterocycles. The van der Waals surface area contributed by atoms with Crippen molar-refractivity contribution < 1.29 is 80.2 Å². The van der Waals surface area contributed by atoms with Crippen LogP contribution in [0.25, 0.3) is 0 Å². The second-order valence-electron chi connectivity index (χ2n) is 25.7. The van der Waals surface area contributed by atoms with E-state index in [-0.39, 0.29) is 25.7 Å². The summed E-state index contributed by atoms with van der Waals surface area (Å²) in [6.45, 7) is 7.12. The van der Waals surface area contributed by atoms with Crippen molar-refractivity contribution in [1.29, 1.82) is 0 Å². The molecule has 0 aliphatic carbocycles. The molecular weight excluding hydrogens is 1170 g/mol. The van der Waals surface area contributed by atoms with Gasteiger partial charge in [0.05, 0.1) is 26.4 Å². The van der Waals surface area contributed by atoms with E-state index in [9.17, 15) is 43.2 Å². The van der Waals surface area contributed by atoms with Gasteiger partial charge in [-0.15, -0.1) is 0 Å². The summed E-state index contributed by atoms with van der Waals surface area (Å²) in [5, 5.41) is 10.5. The number of phosphoric acid groups is 2. The average molecular weight is 1310 g/mol. The molecular formula is C70H136O17P2. The van der Waals surface area contributed by atoms with Crippen molar-refractivity contribution in [2.75, 3.05) is 39.6 Å². The van der Waals surface area contributed by atoms with Gasteiger partial charge in [0.1, 0.15) is 19.3 Å². The van der Waals surface area contributed by atoms with Crippen molar-refractivity contribution in [2.45, 2.75) is 380 Å². The molecule has 0 saturated carbocycles. The van der Waals surface area contributed by atoms with Gasteiger partial charge in [-0.05, 0) is 31.6 Å². The van der Waals surface area contributed by atoms with Crippen LogP contribution in [0.4, 0.5) is 0 Å². The average Bonchev–Trinajstić information content (AvgIpc) is 3.65. The number of aliphatic hydroxyl groups is 1. The van der Waals surface area contributed by atoms with Crippen molar-refractivity contribution in [3.05, 3.63) is 0 Å².